The molecule has 4 rings (SSSR count). The van der Waals surface area contributed by atoms with Gasteiger partial charge in [0.25, 0.3) is 5.91 Å². The van der Waals surface area contributed by atoms with Gasteiger partial charge in [-0.15, -0.1) is 0 Å². The lowest BCUT2D eigenvalue weighted by Gasteiger charge is -2.13. The summed E-state index contributed by atoms with van der Waals surface area (Å²) in [5.74, 6) is 0.650. The third-order valence-electron chi connectivity index (χ3n) is 4.91. The van der Waals surface area contributed by atoms with Gasteiger partial charge in [0.05, 0.1) is 28.4 Å². The number of hydrogen-bond donors (Lipinski definition) is 2. The number of carbonyl (C=O) groups excluding carboxylic acids is 1. The van der Waals surface area contributed by atoms with Crippen LogP contribution in [-0.4, -0.2) is 34.1 Å². The summed E-state index contributed by atoms with van der Waals surface area (Å²) in [5, 5.41) is 12.6. The fraction of sp³-hybridized carbons (Fsp3) is 0.130. The Hall–Kier alpha value is -3.89. The van der Waals surface area contributed by atoms with Crippen LogP contribution in [0.15, 0.2) is 77.8 Å². The van der Waals surface area contributed by atoms with Crippen molar-refractivity contribution in [2.75, 3.05) is 0 Å². The predicted octanol–water partition coefficient (Wildman–Crippen LogP) is 2.14. The first kappa shape index (κ1) is 22.3. The first-order valence-electron chi connectivity index (χ1n) is 10.1. The average Bonchev–Trinajstić information content (AvgIpc) is 3.17. The van der Waals surface area contributed by atoms with Crippen molar-refractivity contribution in [3.8, 4) is 5.69 Å². The summed E-state index contributed by atoms with van der Waals surface area (Å²) in [7, 11) is -4.02. The molecule has 0 saturated carbocycles. The summed E-state index contributed by atoms with van der Waals surface area (Å²) in [5.41, 5.74) is 2.19. The predicted molar refractivity (Wildman–Crippen MR) is 122 cm³/mol. The van der Waals surface area contributed by atoms with Crippen LogP contribution in [-0.2, 0) is 23.0 Å². The average molecular weight is 463 g/mol. The van der Waals surface area contributed by atoms with E-state index < -0.39 is 15.9 Å². The molecule has 0 unspecified atom stereocenters. The Labute approximate surface area is 191 Å². The lowest BCUT2D eigenvalue weighted by Crippen LogP contribution is -2.26. The molecule has 2 aromatic carbocycles. The summed E-state index contributed by atoms with van der Waals surface area (Å²) in [6.07, 6.45) is 2.11. The molecule has 4 aromatic rings. The highest BCUT2D eigenvalue weighted by Crippen LogP contribution is 2.21. The second kappa shape index (κ2) is 9.31. The Morgan fingerprint density at radius 2 is 1.82 bits per heavy atom. The van der Waals surface area contributed by atoms with Crippen molar-refractivity contribution in [3.05, 3.63) is 101 Å². The van der Waals surface area contributed by atoms with Crippen molar-refractivity contribution in [2.45, 2.75) is 24.8 Å². The first-order valence-corrected chi connectivity index (χ1v) is 11.7. The fourth-order valence-corrected chi connectivity index (χ4v) is 3.91. The van der Waals surface area contributed by atoms with Gasteiger partial charge >= 0.3 is 0 Å². The van der Waals surface area contributed by atoms with Gasteiger partial charge in [-0.25, -0.2) is 23.2 Å². The zero-order chi connectivity index (χ0) is 23.4. The number of primary sulfonamides is 1. The topological polar surface area (TPSA) is 133 Å². The Morgan fingerprint density at radius 3 is 2.52 bits per heavy atom. The molecule has 0 aliphatic heterocycles. The molecule has 0 fully saturated rings. The number of aryl methyl sites for hydroxylation is 1. The number of rotatable bonds is 7. The third kappa shape index (κ3) is 5.30. The lowest BCUT2D eigenvalue weighted by atomic mass is 10.1. The fourth-order valence-electron chi connectivity index (χ4n) is 3.37. The summed E-state index contributed by atoms with van der Waals surface area (Å²) in [4.78, 5) is 21.7. The molecule has 3 N–H and O–H groups in total. The molecule has 0 bridgehead atoms. The highest BCUT2D eigenvalue weighted by atomic mass is 32.2. The standard InChI is InChI=1S/C23H22N6O3S/c1-16-27-22(13-17-7-3-2-4-8-17)29(28-16)21-11-10-19(33(24,31)32)14-20(21)23(30)26-15-18-9-5-6-12-25-18/h2-12,14H,13,15H2,1H3,(H,26,30)(H2,24,31,32). The normalized spacial score (nSPS) is 11.3. The van der Waals surface area contributed by atoms with E-state index in [0.29, 0.717) is 29.5 Å². The molecular formula is C23H22N6O3S. The Balaban J connectivity index is 1.75. The molecule has 0 spiro atoms. The lowest BCUT2D eigenvalue weighted by molar-refractivity contribution is 0.0950. The molecule has 0 aliphatic rings. The molecule has 1 amide bonds. The molecule has 0 saturated heterocycles. The van der Waals surface area contributed by atoms with Gasteiger partial charge < -0.3 is 5.32 Å². The maximum Gasteiger partial charge on any atom is 0.253 e. The van der Waals surface area contributed by atoms with Gasteiger partial charge in [0.15, 0.2) is 0 Å². The molecule has 10 heteroatoms. The number of nitrogens with one attached hydrogen (secondary N) is 1. The van der Waals surface area contributed by atoms with Gasteiger partial charge in [0.1, 0.15) is 11.6 Å². The van der Waals surface area contributed by atoms with Gasteiger partial charge in [0.2, 0.25) is 10.0 Å². The molecule has 168 valence electrons. The summed E-state index contributed by atoms with van der Waals surface area (Å²) < 4.78 is 25.5. The number of carbonyl (C=O) groups is 1. The van der Waals surface area contributed by atoms with Crippen molar-refractivity contribution in [1.29, 1.82) is 0 Å². The van der Waals surface area contributed by atoms with Crippen LogP contribution >= 0.6 is 0 Å². The molecule has 2 aromatic heterocycles. The molecular weight excluding hydrogens is 440 g/mol. The number of pyridine rings is 1. The van der Waals surface area contributed by atoms with Crippen LogP contribution in [0.4, 0.5) is 0 Å². The highest BCUT2D eigenvalue weighted by Gasteiger charge is 2.21. The smallest absolute Gasteiger partial charge is 0.253 e. The van der Waals surface area contributed by atoms with Crippen LogP contribution in [0.3, 0.4) is 0 Å². The number of nitrogens with zero attached hydrogens (tertiary/aromatic N) is 4. The van der Waals surface area contributed by atoms with Crippen molar-refractivity contribution >= 4 is 15.9 Å². The van der Waals surface area contributed by atoms with E-state index in [9.17, 15) is 13.2 Å². The van der Waals surface area contributed by atoms with Crippen molar-refractivity contribution in [2.24, 2.45) is 5.14 Å². The highest BCUT2D eigenvalue weighted by molar-refractivity contribution is 7.89. The summed E-state index contributed by atoms with van der Waals surface area (Å²) in [6, 6.07) is 19.2. The minimum atomic E-state index is -4.02. The van der Waals surface area contributed by atoms with Crippen LogP contribution < -0.4 is 10.5 Å². The molecule has 9 nitrogen and oxygen atoms in total. The van der Waals surface area contributed by atoms with E-state index >= 15 is 0 Å². The zero-order valence-corrected chi connectivity index (χ0v) is 18.7. The summed E-state index contributed by atoms with van der Waals surface area (Å²) in [6.45, 7) is 1.93. The van der Waals surface area contributed by atoms with Gasteiger partial charge in [-0.1, -0.05) is 36.4 Å². The van der Waals surface area contributed by atoms with E-state index in [1.54, 1.807) is 29.9 Å². The number of aromatic nitrogens is 4. The molecule has 2 heterocycles. The van der Waals surface area contributed by atoms with E-state index in [1.165, 1.54) is 18.2 Å². The maximum absolute atomic E-state index is 13.1. The van der Waals surface area contributed by atoms with Crippen LogP contribution in [0.5, 0.6) is 0 Å². The van der Waals surface area contributed by atoms with E-state index in [4.69, 9.17) is 5.14 Å². The molecule has 0 aliphatic carbocycles. The van der Waals surface area contributed by atoms with Crippen LogP contribution in [0.1, 0.15) is 33.3 Å². The van der Waals surface area contributed by atoms with Crippen molar-refractivity contribution < 1.29 is 13.2 Å². The Bertz CT molecular complexity index is 1390. The van der Waals surface area contributed by atoms with Gasteiger partial charge in [-0.3, -0.25) is 9.78 Å². The largest absolute Gasteiger partial charge is 0.346 e. The third-order valence-corrected chi connectivity index (χ3v) is 5.82. The van der Waals surface area contributed by atoms with Crippen molar-refractivity contribution in [1.82, 2.24) is 25.1 Å². The van der Waals surface area contributed by atoms with Crippen LogP contribution in [0, 0.1) is 6.92 Å². The number of sulfonamides is 1. The number of benzene rings is 2. The van der Waals surface area contributed by atoms with Crippen LogP contribution in [0.2, 0.25) is 0 Å². The Kier molecular flexibility index (Phi) is 6.29. The molecule has 0 radical (unpaired) electrons. The second-order valence-electron chi connectivity index (χ2n) is 7.38. The SMILES string of the molecule is Cc1nc(Cc2ccccc2)n(-c2ccc(S(N)(=O)=O)cc2C(=O)NCc2ccccn2)n1. The van der Waals surface area contributed by atoms with Gasteiger partial charge in [0, 0.05) is 12.6 Å². The monoisotopic (exact) mass is 462 g/mol. The number of nitrogens with two attached hydrogens (primary N) is 1. The molecule has 33 heavy (non-hydrogen) atoms. The van der Waals surface area contributed by atoms with Gasteiger partial charge in [-0.05, 0) is 42.8 Å². The van der Waals surface area contributed by atoms with E-state index in [0.717, 1.165) is 5.56 Å². The van der Waals surface area contributed by atoms with Gasteiger partial charge in [-0.2, -0.15) is 5.10 Å². The van der Waals surface area contributed by atoms with E-state index in [2.05, 4.69) is 20.4 Å². The van der Waals surface area contributed by atoms with E-state index in [-0.39, 0.29) is 17.0 Å². The molecule has 0 atom stereocenters. The maximum atomic E-state index is 13.1. The zero-order valence-electron chi connectivity index (χ0n) is 17.8. The van der Waals surface area contributed by atoms with Crippen molar-refractivity contribution in [3.63, 3.8) is 0 Å². The van der Waals surface area contributed by atoms with Crippen LogP contribution in [0.25, 0.3) is 5.69 Å². The second-order valence-corrected chi connectivity index (χ2v) is 8.94. The first-order chi connectivity index (χ1) is 15.8. The number of hydrogen-bond acceptors (Lipinski definition) is 6. The summed E-state index contributed by atoms with van der Waals surface area (Å²) >= 11 is 0. The number of amides is 1. The quantitative estimate of drug-likeness (QED) is 0.432. The van der Waals surface area contributed by atoms with E-state index in [1.807, 2.05) is 36.4 Å². The Morgan fingerprint density at radius 1 is 1.06 bits per heavy atom. The minimum Gasteiger partial charge on any atom is -0.346 e. The minimum absolute atomic E-state index is 0.108.